The highest BCUT2D eigenvalue weighted by Crippen LogP contribution is 2.26. The fraction of sp³-hybridized carbons (Fsp3) is 0.200. The molecule has 0 unspecified atom stereocenters. The van der Waals surface area contributed by atoms with Gasteiger partial charge in [0.2, 0.25) is 0 Å². The molecule has 1 amide bonds. The molecule has 3 aromatic rings. The number of carbonyl (C=O) groups is 1. The molecular weight excluding hydrogens is 507 g/mol. The minimum Gasteiger partial charge on any atom is -0.372 e. The van der Waals surface area contributed by atoms with Gasteiger partial charge < -0.3 is 4.90 Å². The molecule has 35 heavy (non-hydrogen) atoms. The van der Waals surface area contributed by atoms with Gasteiger partial charge in [0.1, 0.15) is 6.54 Å². The molecule has 184 valence electrons. The van der Waals surface area contributed by atoms with E-state index < -0.39 is 22.5 Å². The maximum atomic E-state index is 13.3. The fourth-order valence-corrected chi connectivity index (χ4v) is 5.11. The number of halogens is 2. The highest BCUT2D eigenvalue weighted by Gasteiger charge is 2.27. The van der Waals surface area contributed by atoms with Gasteiger partial charge in [0.05, 0.1) is 16.8 Å². The van der Waals surface area contributed by atoms with E-state index in [0.717, 1.165) is 28.6 Å². The molecule has 0 aliphatic heterocycles. The van der Waals surface area contributed by atoms with Crippen LogP contribution >= 0.6 is 23.2 Å². The highest BCUT2D eigenvalue weighted by molar-refractivity contribution is 7.92. The number of nitrogens with zero attached hydrogens (tertiary/aromatic N) is 3. The summed E-state index contributed by atoms with van der Waals surface area (Å²) in [6.45, 7) is 5.50. The van der Waals surface area contributed by atoms with Gasteiger partial charge in [-0.25, -0.2) is 13.8 Å². The van der Waals surface area contributed by atoms with E-state index in [1.54, 1.807) is 18.2 Å². The van der Waals surface area contributed by atoms with Gasteiger partial charge in [-0.15, -0.1) is 0 Å². The van der Waals surface area contributed by atoms with E-state index in [0.29, 0.717) is 10.0 Å². The number of anilines is 2. The zero-order chi connectivity index (χ0) is 25.4. The summed E-state index contributed by atoms with van der Waals surface area (Å²) in [5.41, 5.74) is 4.54. The Hall–Kier alpha value is -3.07. The number of amides is 1. The molecule has 3 rings (SSSR count). The lowest BCUT2D eigenvalue weighted by Crippen LogP contribution is -2.39. The first kappa shape index (κ1) is 26.5. The van der Waals surface area contributed by atoms with Crippen LogP contribution in [0.5, 0.6) is 0 Å². The van der Waals surface area contributed by atoms with Crippen LogP contribution in [0.1, 0.15) is 19.4 Å². The van der Waals surface area contributed by atoms with Crippen LogP contribution in [-0.2, 0) is 14.8 Å². The average molecular weight is 533 g/mol. The number of hydrogen-bond donors (Lipinski definition) is 1. The fourth-order valence-electron chi connectivity index (χ4n) is 3.38. The number of hydrogen-bond acceptors (Lipinski definition) is 5. The lowest BCUT2D eigenvalue weighted by Gasteiger charge is -2.24. The Morgan fingerprint density at radius 3 is 2.17 bits per heavy atom. The summed E-state index contributed by atoms with van der Waals surface area (Å²) in [6, 6.07) is 19.7. The largest absolute Gasteiger partial charge is 0.372 e. The Balaban J connectivity index is 1.76. The van der Waals surface area contributed by atoms with E-state index in [-0.39, 0.29) is 10.6 Å². The molecule has 1 N–H and O–H groups in total. The van der Waals surface area contributed by atoms with Crippen LogP contribution in [0.2, 0.25) is 10.0 Å². The molecule has 0 radical (unpaired) electrons. The number of sulfonamides is 1. The van der Waals surface area contributed by atoms with Crippen LogP contribution in [0, 0.1) is 0 Å². The SMILES string of the molecule is CCN(CC)c1ccc(/C=N\NC(=O)CN(c2cccc(Cl)c2)S(=O)(=O)c2ccc(Cl)cc2)cc1. The third-order valence-electron chi connectivity index (χ3n) is 5.21. The van der Waals surface area contributed by atoms with Crippen molar-refractivity contribution >= 4 is 56.7 Å². The summed E-state index contributed by atoms with van der Waals surface area (Å²) in [4.78, 5) is 14.9. The number of nitrogens with one attached hydrogen (secondary N) is 1. The van der Waals surface area contributed by atoms with Gasteiger partial charge in [0.15, 0.2) is 0 Å². The predicted molar refractivity (Wildman–Crippen MR) is 143 cm³/mol. The van der Waals surface area contributed by atoms with Crippen molar-refractivity contribution in [2.45, 2.75) is 18.7 Å². The van der Waals surface area contributed by atoms with Gasteiger partial charge in [0, 0.05) is 28.8 Å². The van der Waals surface area contributed by atoms with E-state index in [4.69, 9.17) is 23.2 Å². The van der Waals surface area contributed by atoms with Crippen molar-refractivity contribution in [1.82, 2.24) is 5.43 Å². The van der Waals surface area contributed by atoms with Gasteiger partial charge in [0.25, 0.3) is 15.9 Å². The number of rotatable bonds is 10. The van der Waals surface area contributed by atoms with Crippen molar-refractivity contribution in [1.29, 1.82) is 0 Å². The van der Waals surface area contributed by atoms with Crippen molar-refractivity contribution in [3.63, 3.8) is 0 Å². The summed E-state index contributed by atoms with van der Waals surface area (Å²) >= 11 is 12.0. The van der Waals surface area contributed by atoms with Crippen LogP contribution in [-0.4, -0.2) is 40.2 Å². The first-order chi connectivity index (χ1) is 16.7. The second-order valence-electron chi connectivity index (χ2n) is 7.50. The molecular formula is C25H26Cl2N4O3S. The van der Waals surface area contributed by atoms with Crippen LogP contribution < -0.4 is 14.6 Å². The van der Waals surface area contributed by atoms with Gasteiger partial charge in [-0.1, -0.05) is 41.4 Å². The lowest BCUT2D eigenvalue weighted by molar-refractivity contribution is -0.119. The minimum atomic E-state index is -4.08. The molecule has 7 nitrogen and oxygen atoms in total. The summed E-state index contributed by atoms with van der Waals surface area (Å²) in [7, 11) is -4.08. The summed E-state index contributed by atoms with van der Waals surface area (Å²) in [5.74, 6) is -0.612. The molecule has 0 aliphatic carbocycles. The zero-order valence-electron chi connectivity index (χ0n) is 19.4. The van der Waals surface area contributed by atoms with Crippen LogP contribution in [0.3, 0.4) is 0 Å². The smallest absolute Gasteiger partial charge is 0.264 e. The normalized spacial score (nSPS) is 11.4. The summed E-state index contributed by atoms with van der Waals surface area (Å²) < 4.78 is 27.7. The molecule has 10 heteroatoms. The number of hydrazone groups is 1. The number of benzene rings is 3. The van der Waals surface area contributed by atoms with Crippen molar-refractivity contribution in [2.24, 2.45) is 5.10 Å². The van der Waals surface area contributed by atoms with E-state index in [1.165, 1.54) is 36.5 Å². The van der Waals surface area contributed by atoms with Gasteiger partial charge in [-0.3, -0.25) is 9.10 Å². The van der Waals surface area contributed by atoms with E-state index in [9.17, 15) is 13.2 Å². The first-order valence-corrected chi connectivity index (χ1v) is 13.1. The zero-order valence-corrected chi connectivity index (χ0v) is 21.7. The molecule has 0 saturated heterocycles. The third kappa shape index (κ3) is 6.97. The van der Waals surface area contributed by atoms with Gasteiger partial charge >= 0.3 is 0 Å². The molecule has 3 aromatic carbocycles. The Morgan fingerprint density at radius 2 is 1.57 bits per heavy atom. The van der Waals surface area contributed by atoms with Crippen LogP contribution in [0.4, 0.5) is 11.4 Å². The van der Waals surface area contributed by atoms with Crippen molar-refractivity contribution < 1.29 is 13.2 Å². The Kier molecular flexibility index (Phi) is 9.14. The molecule has 0 saturated carbocycles. The maximum Gasteiger partial charge on any atom is 0.264 e. The first-order valence-electron chi connectivity index (χ1n) is 11.0. The minimum absolute atomic E-state index is 0.00790. The molecule has 0 bridgehead atoms. The topological polar surface area (TPSA) is 82.1 Å². The quantitative estimate of drug-likeness (QED) is 0.288. The van der Waals surface area contributed by atoms with Crippen LogP contribution in [0.15, 0.2) is 82.8 Å². The average Bonchev–Trinajstić information content (AvgIpc) is 2.84. The highest BCUT2D eigenvalue weighted by atomic mass is 35.5. The van der Waals surface area contributed by atoms with E-state index >= 15 is 0 Å². The van der Waals surface area contributed by atoms with Crippen molar-refractivity contribution in [3.05, 3.63) is 88.4 Å². The molecule has 0 fully saturated rings. The second-order valence-corrected chi connectivity index (χ2v) is 10.2. The molecule has 0 atom stereocenters. The van der Waals surface area contributed by atoms with E-state index in [1.807, 2.05) is 24.3 Å². The van der Waals surface area contributed by atoms with Crippen molar-refractivity contribution in [3.8, 4) is 0 Å². The molecule has 0 aromatic heterocycles. The van der Waals surface area contributed by atoms with Gasteiger partial charge in [-0.05, 0) is 74.0 Å². The second kappa shape index (κ2) is 12.1. The third-order valence-corrected chi connectivity index (χ3v) is 7.48. The molecule has 0 aliphatic rings. The number of carbonyl (C=O) groups excluding carboxylic acids is 1. The summed E-state index contributed by atoms with van der Waals surface area (Å²) in [5, 5.41) is 4.72. The maximum absolute atomic E-state index is 13.3. The Morgan fingerprint density at radius 1 is 0.914 bits per heavy atom. The van der Waals surface area contributed by atoms with E-state index in [2.05, 4.69) is 29.3 Å². The summed E-state index contributed by atoms with van der Waals surface area (Å²) in [6.07, 6.45) is 1.50. The van der Waals surface area contributed by atoms with Crippen molar-refractivity contribution in [2.75, 3.05) is 28.8 Å². The Labute approximate surface area is 216 Å². The van der Waals surface area contributed by atoms with Crippen LogP contribution in [0.25, 0.3) is 0 Å². The monoisotopic (exact) mass is 532 g/mol. The molecule has 0 spiro atoms. The predicted octanol–water partition coefficient (Wildman–Crippen LogP) is 5.19. The van der Waals surface area contributed by atoms with Gasteiger partial charge in [-0.2, -0.15) is 5.10 Å². The molecule has 0 heterocycles. The Bertz CT molecular complexity index is 1280. The lowest BCUT2D eigenvalue weighted by atomic mass is 10.2. The standard InChI is InChI=1S/C25H26Cl2N4O3S/c1-3-30(4-2)22-12-8-19(9-13-22)17-28-29-25(32)18-31(23-7-5-6-21(27)16-23)35(33,34)24-14-10-20(26)11-15-24/h5-17H,3-4,18H2,1-2H3,(H,29,32)/b28-17-.